The molecule has 17 heavy (non-hydrogen) atoms. The average Bonchev–Trinajstić information content (AvgIpc) is 2.35. The second kappa shape index (κ2) is 3.14. The molecule has 3 aromatic rings. The number of hydrogen-bond acceptors (Lipinski definition) is 5. The van der Waals surface area contributed by atoms with E-state index in [1.165, 1.54) is 0 Å². The van der Waals surface area contributed by atoms with Crippen LogP contribution in [0.15, 0.2) is 40.1 Å². The number of aromatic nitrogens is 4. The zero-order valence-corrected chi connectivity index (χ0v) is 8.57. The minimum absolute atomic E-state index is 0.0150. The van der Waals surface area contributed by atoms with Crippen LogP contribution in [0.1, 0.15) is 0 Å². The van der Waals surface area contributed by atoms with Crippen LogP contribution in [0.25, 0.3) is 16.7 Å². The molecule has 0 unspecified atom stereocenters. The van der Waals surface area contributed by atoms with E-state index in [0.717, 1.165) is 15.4 Å². The molecular formula is C10H7N5O2. The maximum Gasteiger partial charge on any atom is 0.292 e. The summed E-state index contributed by atoms with van der Waals surface area (Å²) < 4.78 is 1.80. The molecule has 2 aromatic heterocycles. The SMILES string of the molecule is Nn1c(=O)cnn2c(=O)c3ccccc3nc12. The van der Waals surface area contributed by atoms with Crippen LogP contribution in [0.3, 0.4) is 0 Å². The van der Waals surface area contributed by atoms with E-state index in [4.69, 9.17) is 5.84 Å². The summed E-state index contributed by atoms with van der Waals surface area (Å²) in [6, 6.07) is 6.80. The molecule has 0 amide bonds. The average molecular weight is 229 g/mol. The van der Waals surface area contributed by atoms with E-state index in [9.17, 15) is 9.59 Å². The second-order valence-electron chi connectivity index (χ2n) is 3.50. The Morgan fingerprint density at radius 2 is 1.94 bits per heavy atom. The van der Waals surface area contributed by atoms with Gasteiger partial charge in [-0.15, -0.1) is 0 Å². The first-order chi connectivity index (χ1) is 8.18. The molecule has 0 saturated carbocycles. The Kier molecular flexibility index (Phi) is 1.76. The summed E-state index contributed by atoms with van der Waals surface area (Å²) >= 11 is 0. The summed E-state index contributed by atoms with van der Waals surface area (Å²) in [6.45, 7) is 0. The fourth-order valence-electron chi connectivity index (χ4n) is 1.64. The molecule has 0 spiro atoms. The van der Waals surface area contributed by atoms with Crippen LogP contribution in [-0.4, -0.2) is 19.3 Å². The van der Waals surface area contributed by atoms with Gasteiger partial charge in [0, 0.05) is 0 Å². The van der Waals surface area contributed by atoms with Crippen molar-refractivity contribution in [2.24, 2.45) is 0 Å². The molecule has 0 radical (unpaired) electrons. The molecule has 2 heterocycles. The molecule has 0 aliphatic carbocycles. The maximum atomic E-state index is 12.0. The molecule has 0 atom stereocenters. The fraction of sp³-hybridized carbons (Fsp3) is 0. The summed E-state index contributed by atoms with van der Waals surface area (Å²) in [5, 5.41) is 4.15. The largest absolute Gasteiger partial charge is 0.333 e. The second-order valence-corrected chi connectivity index (χ2v) is 3.50. The molecule has 2 N–H and O–H groups in total. The Hall–Kier alpha value is -2.70. The Labute approximate surface area is 93.7 Å². The zero-order valence-electron chi connectivity index (χ0n) is 8.57. The number of nitrogen functional groups attached to an aromatic ring is 1. The lowest BCUT2D eigenvalue weighted by atomic mass is 10.2. The molecule has 7 heteroatoms. The minimum atomic E-state index is -0.521. The number of nitrogens with two attached hydrogens (primary N) is 1. The van der Waals surface area contributed by atoms with Gasteiger partial charge < -0.3 is 5.84 Å². The van der Waals surface area contributed by atoms with Crippen LogP contribution in [0.2, 0.25) is 0 Å². The lowest BCUT2D eigenvalue weighted by Crippen LogP contribution is -2.33. The molecule has 0 aliphatic rings. The summed E-state index contributed by atoms with van der Waals surface area (Å²) in [7, 11) is 0. The molecule has 0 saturated heterocycles. The van der Waals surface area contributed by atoms with Crippen molar-refractivity contribution in [3.8, 4) is 0 Å². The highest BCUT2D eigenvalue weighted by atomic mass is 16.1. The van der Waals surface area contributed by atoms with Gasteiger partial charge in [0.25, 0.3) is 16.9 Å². The summed E-state index contributed by atoms with van der Waals surface area (Å²) in [5.41, 5.74) is -0.402. The van der Waals surface area contributed by atoms with E-state index >= 15 is 0 Å². The number of fused-ring (bicyclic) bond motifs is 2. The maximum absolute atomic E-state index is 12.0. The Morgan fingerprint density at radius 3 is 2.76 bits per heavy atom. The van der Waals surface area contributed by atoms with Gasteiger partial charge >= 0.3 is 0 Å². The lowest BCUT2D eigenvalue weighted by Gasteiger charge is -2.04. The predicted octanol–water partition coefficient (Wildman–Crippen LogP) is -0.882. The smallest absolute Gasteiger partial charge is 0.292 e. The van der Waals surface area contributed by atoms with Gasteiger partial charge in [0.1, 0.15) is 6.20 Å². The van der Waals surface area contributed by atoms with Crippen molar-refractivity contribution in [1.82, 2.24) is 19.3 Å². The zero-order chi connectivity index (χ0) is 12.0. The van der Waals surface area contributed by atoms with Crippen molar-refractivity contribution in [2.75, 3.05) is 5.84 Å². The topological polar surface area (TPSA) is 95.3 Å². The van der Waals surface area contributed by atoms with Crippen LogP contribution in [-0.2, 0) is 0 Å². The predicted molar refractivity (Wildman–Crippen MR) is 61.2 cm³/mol. The van der Waals surface area contributed by atoms with Crippen molar-refractivity contribution >= 4 is 16.7 Å². The van der Waals surface area contributed by atoms with Gasteiger partial charge in [-0.05, 0) is 12.1 Å². The quantitative estimate of drug-likeness (QED) is 0.399. The van der Waals surface area contributed by atoms with Crippen molar-refractivity contribution in [3.05, 3.63) is 51.2 Å². The van der Waals surface area contributed by atoms with Crippen LogP contribution in [0.4, 0.5) is 0 Å². The third kappa shape index (κ3) is 1.22. The van der Waals surface area contributed by atoms with E-state index < -0.39 is 5.56 Å². The molecule has 84 valence electrons. The van der Waals surface area contributed by atoms with Gasteiger partial charge in [-0.3, -0.25) is 9.59 Å². The molecule has 0 bridgehead atoms. The summed E-state index contributed by atoms with van der Waals surface area (Å²) in [5.74, 6) is 5.54. The van der Waals surface area contributed by atoms with Gasteiger partial charge in [0.2, 0.25) is 0 Å². The Morgan fingerprint density at radius 1 is 1.18 bits per heavy atom. The number of nitrogens with zero attached hydrogens (tertiary/aromatic N) is 4. The van der Waals surface area contributed by atoms with Crippen molar-refractivity contribution < 1.29 is 0 Å². The number of hydrogen-bond donors (Lipinski definition) is 1. The number of para-hydroxylation sites is 1. The highest BCUT2D eigenvalue weighted by Crippen LogP contribution is 2.05. The Bertz CT molecular complexity index is 849. The molecule has 0 aliphatic heterocycles. The van der Waals surface area contributed by atoms with Crippen LogP contribution >= 0.6 is 0 Å². The molecule has 0 fully saturated rings. The first-order valence-corrected chi connectivity index (χ1v) is 4.83. The highest BCUT2D eigenvalue weighted by molar-refractivity contribution is 5.78. The van der Waals surface area contributed by atoms with Crippen molar-refractivity contribution in [2.45, 2.75) is 0 Å². The van der Waals surface area contributed by atoms with Crippen LogP contribution < -0.4 is 17.0 Å². The first-order valence-electron chi connectivity index (χ1n) is 4.83. The molecular weight excluding hydrogens is 222 g/mol. The van der Waals surface area contributed by atoms with Crippen molar-refractivity contribution in [3.63, 3.8) is 0 Å². The summed E-state index contributed by atoms with van der Waals surface area (Å²) in [4.78, 5) is 27.5. The third-order valence-electron chi connectivity index (χ3n) is 2.47. The standard InChI is InChI=1S/C10H7N5O2/c11-14-8(16)5-12-15-9(17)6-3-1-2-4-7(6)13-10(14)15/h1-5H,11H2. The van der Waals surface area contributed by atoms with Gasteiger partial charge in [0.15, 0.2) is 0 Å². The van der Waals surface area contributed by atoms with Gasteiger partial charge in [-0.2, -0.15) is 14.3 Å². The lowest BCUT2D eigenvalue weighted by molar-refractivity contribution is 0.776. The number of benzene rings is 1. The van der Waals surface area contributed by atoms with Crippen LogP contribution in [0.5, 0.6) is 0 Å². The monoisotopic (exact) mass is 229 g/mol. The van der Waals surface area contributed by atoms with Gasteiger partial charge in [-0.1, -0.05) is 12.1 Å². The molecule has 1 aromatic carbocycles. The van der Waals surface area contributed by atoms with Gasteiger partial charge in [-0.25, -0.2) is 4.98 Å². The highest BCUT2D eigenvalue weighted by Gasteiger charge is 2.08. The fourth-order valence-corrected chi connectivity index (χ4v) is 1.64. The van der Waals surface area contributed by atoms with E-state index in [-0.39, 0.29) is 11.3 Å². The first kappa shape index (κ1) is 9.52. The van der Waals surface area contributed by atoms with Crippen molar-refractivity contribution in [1.29, 1.82) is 0 Å². The van der Waals surface area contributed by atoms with E-state index in [0.29, 0.717) is 10.9 Å². The number of rotatable bonds is 0. The minimum Gasteiger partial charge on any atom is -0.333 e. The molecule has 7 nitrogen and oxygen atoms in total. The molecule has 3 rings (SSSR count). The normalized spacial score (nSPS) is 11.1. The van der Waals surface area contributed by atoms with Gasteiger partial charge in [0.05, 0.1) is 10.9 Å². The third-order valence-corrected chi connectivity index (χ3v) is 2.47. The van der Waals surface area contributed by atoms with E-state index in [1.807, 2.05) is 0 Å². The Balaban J connectivity index is 2.69. The van der Waals surface area contributed by atoms with Crippen LogP contribution in [0, 0.1) is 0 Å². The van der Waals surface area contributed by atoms with E-state index in [2.05, 4.69) is 10.1 Å². The van der Waals surface area contributed by atoms with E-state index in [1.54, 1.807) is 24.3 Å². The summed E-state index contributed by atoms with van der Waals surface area (Å²) in [6.07, 6.45) is 0.977.